The molecule has 0 bridgehead atoms. The van der Waals surface area contributed by atoms with Crippen LogP contribution in [0.5, 0.6) is 0 Å². The molecule has 1 fully saturated rings. The van der Waals surface area contributed by atoms with Crippen LogP contribution in [0.1, 0.15) is 55.2 Å². The van der Waals surface area contributed by atoms with E-state index in [1.165, 1.54) is 28.0 Å². The minimum atomic E-state index is -0.0423. The Bertz CT molecular complexity index is 1250. The Morgan fingerprint density at radius 1 is 1.00 bits per heavy atom. The molecule has 2 unspecified atom stereocenters. The van der Waals surface area contributed by atoms with Crippen LogP contribution in [0.15, 0.2) is 72.9 Å². The number of likely N-dealkylation sites (N-methyl/N-ethyl adjacent to an activating group) is 1. The van der Waals surface area contributed by atoms with Gasteiger partial charge in [0.2, 0.25) is 0 Å². The summed E-state index contributed by atoms with van der Waals surface area (Å²) in [5.74, 6) is 0. The number of nitrogens with zero attached hydrogens (tertiary/aromatic N) is 3. The van der Waals surface area contributed by atoms with Gasteiger partial charge in [-0.15, -0.1) is 0 Å². The van der Waals surface area contributed by atoms with Gasteiger partial charge in [0.05, 0.1) is 23.3 Å². The summed E-state index contributed by atoms with van der Waals surface area (Å²) in [6, 6.07) is 21.4. The van der Waals surface area contributed by atoms with Gasteiger partial charge in [0.15, 0.2) is 5.11 Å². The highest BCUT2D eigenvalue weighted by Gasteiger charge is 2.41. The van der Waals surface area contributed by atoms with Crippen LogP contribution in [-0.4, -0.2) is 22.7 Å². The number of pyridine rings is 1. The van der Waals surface area contributed by atoms with Crippen LogP contribution in [0.2, 0.25) is 0 Å². The third-order valence-corrected chi connectivity index (χ3v) is 7.27. The fourth-order valence-electron chi connectivity index (χ4n) is 5.11. The van der Waals surface area contributed by atoms with E-state index in [1.54, 1.807) is 0 Å². The van der Waals surface area contributed by atoms with E-state index in [9.17, 15) is 0 Å². The molecule has 1 N–H and O–H groups in total. The van der Waals surface area contributed by atoms with Crippen molar-refractivity contribution in [1.82, 2.24) is 10.3 Å². The van der Waals surface area contributed by atoms with Crippen molar-refractivity contribution in [3.05, 3.63) is 95.3 Å². The Labute approximate surface area is 202 Å². The summed E-state index contributed by atoms with van der Waals surface area (Å²) in [5, 5.41) is 4.30. The van der Waals surface area contributed by atoms with E-state index >= 15 is 0 Å². The number of benzene rings is 2. The normalized spacial score (nSPS) is 21.5. The average Bonchev–Trinajstić information content (AvgIpc) is 3.15. The lowest BCUT2D eigenvalue weighted by Gasteiger charge is -2.41. The highest BCUT2D eigenvalue weighted by Crippen LogP contribution is 2.45. The van der Waals surface area contributed by atoms with Gasteiger partial charge in [-0.2, -0.15) is 0 Å². The van der Waals surface area contributed by atoms with Crippen molar-refractivity contribution in [2.24, 2.45) is 0 Å². The first-order valence-corrected chi connectivity index (χ1v) is 11.8. The van der Waals surface area contributed by atoms with Crippen molar-refractivity contribution in [2.45, 2.75) is 45.3 Å². The summed E-state index contributed by atoms with van der Waals surface area (Å²) < 4.78 is 0. The quantitative estimate of drug-likeness (QED) is 0.476. The average molecular weight is 455 g/mol. The van der Waals surface area contributed by atoms with Crippen LogP contribution in [0, 0.1) is 6.92 Å². The second-order valence-corrected chi connectivity index (χ2v) is 10.0. The summed E-state index contributed by atoms with van der Waals surface area (Å²) in [7, 11) is 2.17. The Morgan fingerprint density at radius 2 is 1.82 bits per heavy atom. The Balaban J connectivity index is 1.66. The number of thiocarbonyl (C=S) groups is 1. The molecule has 3 heterocycles. The van der Waals surface area contributed by atoms with Crippen LogP contribution in [-0.2, 0) is 0 Å². The molecule has 4 nitrogen and oxygen atoms in total. The number of anilines is 2. The standard InChI is InChI=1S/C28H30N4S/c1-18-9-8-10-21(15-18)32-26(25(30-27(32)33)23-11-6-7-14-29-23)20-12-13-24-22(16-20)19(2)17-28(3,4)31(24)5/h6-17,25-26H,1-5H3,(H,30,33). The summed E-state index contributed by atoms with van der Waals surface area (Å²) >= 11 is 5.88. The molecule has 0 saturated carbocycles. The molecular weight excluding hydrogens is 424 g/mol. The largest absolute Gasteiger partial charge is 0.366 e. The highest BCUT2D eigenvalue weighted by molar-refractivity contribution is 7.80. The highest BCUT2D eigenvalue weighted by atomic mass is 32.1. The molecule has 2 aromatic carbocycles. The zero-order chi connectivity index (χ0) is 23.3. The summed E-state index contributed by atoms with van der Waals surface area (Å²) in [6.07, 6.45) is 4.20. The van der Waals surface area contributed by atoms with Gasteiger partial charge in [-0.3, -0.25) is 4.98 Å². The van der Waals surface area contributed by atoms with Gasteiger partial charge in [-0.05, 0) is 93.0 Å². The van der Waals surface area contributed by atoms with Gasteiger partial charge in [-0.25, -0.2) is 0 Å². The fraction of sp³-hybridized carbons (Fsp3) is 0.286. The number of hydrogen-bond acceptors (Lipinski definition) is 3. The van der Waals surface area contributed by atoms with Crippen LogP contribution in [0.25, 0.3) is 5.57 Å². The molecule has 0 spiro atoms. The van der Waals surface area contributed by atoms with E-state index < -0.39 is 0 Å². The van der Waals surface area contributed by atoms with Crippen molar-refractivity contribution in [3.63, 3.8) is 0 Å². The van der Waals surface area contributed by atoms with Crippen molar-refractivity contribution in [1.29, 1.82) is 0 Å². The first kappa shape index (κ1) is 21.7. The lowest BCUT2D eigenvalue weighted by molar-refractivity contribution is 0.566. The molecule has 0 aliphatic carbocycles. The molecule has 0 radical (unpaired) electrons. The SMILES string of the molecule is CC1=CC(C)(C)N(C)c2ccc(C3C(c4ccccn4)NC(=S)N3c3cccc(C)c3)cc21. The molecule has 33 heavy (non-hydrogen) atoms. The molecular formula is C28H30N4S. The monoisotopic (exact) mass is 454 g/mol. The molecule has 1 saturated heterocycles. The van der Waals surface area contributed by atoms with Crippen LogP contribution < -0.4 is 15.1 Å². The molecule has 2 aliphatic rings. The smallest absolute Gasteiger partial charge is 0.174 e. The number of rotatable bonds is 3. The molecule has 5 rings (SSSR count). The van der Waals surface area contributed by atoms with Gasteiger partial charge in [0.25, 0.3) is 0 Å². The van der Waals surface area contributed by atoms with Crippen LogP contribution >= 0.6 is 12.2 Å². The van der Waals surface area contributed by atoms with Crippen LogP contribution in [0.4, 0.5) is 11.4 Å². The van der Waals surface area contributed by atoms with Crippen molar-refractivity contribution in [3.8, 4) is 0 Å². The van der Waals surface area contributed by atoms with Crippen molar-refractivity contribution < 1.29 is 0 Å². The zero-order valence-corrected chi connectivity index (χ0v) is 20.6. The van der Waals surface area contributed by atoms with Crippen molar-refractivity contribution in [2.75, 3.05) is 16.8 Å². The van der Waals surface area contributed by atoms with Gasteiger partial charge >= 0.3 is 0 Å². The number of aryl methyl sites for hydroxylation is 1. The maximum atomic E-state index is 5.88. The second-order valence-electron chi connectivity index (χ2n) is 9.65. The lowest BCUT2D eigenvalue weighted by Crippen LogP contribution is -2.42. The third-order valence-electron chi connectivity index (χ3n) is 6.96. The van der Waals surface area contributed by atoms with E-state index in [0.717, 1.165) is 16.5 Å². The second kappa shape index (κ2) is 7.99. The van der Waals surface area contributed by atoms with Gasteiger partial charge in [0.1, 0.15) is 0 Å². The molecule has 2 aliphatic heterocycles. The predicted molar refractivity (Wildman–Crippen MR) is 142 cm³/mol. The molecule has 168 valence electrons. The van der Waals surface area contributed by atoms with E-state index in [1.807, 2.05) is 18.3 Å². The number of fused-ring (bicyclic) bond motifs is 1. The summed E-state index contributed by atoms with van der Waals surface area (Å²) in [5.41, 5.74) is 8.34. The van der Waals surface area contributed by atoms with E-state index in [2.05, 4.69) is 109 Å². The van der Waals surface area contributed by atoms with Gasteiger partial charge < -0.3 is 15.1 Å². The van der Waals surface area contributed by atoms with E-state index in [4.69, 9.17) is 12.2 Å². The summed E-state index contributed by atoms with van der Waals surface area (Å²) in [4.78, 5) is 9.28. The fourth-order valence-corrected chi connectivity index (χ4v) is 5.46. The predicted octanol–water partition coefficient (Wildman–Crippen LogP) is 6.20. The zero-order valence-electron chi connectivity index (χ0n) is 19.8. The topological polar surface area (TPSA) is 31.4 Å². The summed E-state index contributed by atoms with van der Waals surface area (Å²) in [6.45, 7) is 8.84. The third kappa shape index (κ3) is 3.70. The van der Waals surface area contributed by atoms with Crippen molar-refractivity contribution >= 4 is 34.3 Å². The van der Waals surface area contributed by atoms with E-state index in [0.29, 0.717) is 0 Å². The first-order chi connectivity index (χ1) is 15.8. The van der Waals surface area contributed by atoms with Crippen LogP contribution in [0.3, 0.4) is 0 Å². The first-order valence-electron chi connectivity index (χ1n) is 11.4. The minimum absolute atomic E-state index is 0.00690. The Hall–Kier alpha value is -3.18. The molecule has 1 aromatic heterocycles. The number of nitrogens with one attached hydrogen (secondary N) is 1. The maximum absolute atomic E-state index is 5.88. The maximum Gasteiger partial charge on any atom is 0.174 e. The molecule has 5 heteroatoms. The van der Waals surface area contributed by atoms with E-state index in [-0.39, 0.29) is 17.6 Å². The van der Waals surface area contributed by atoms with Gasteiger partial charge in [0, 0.05) is 30.2 Å². The molecule has 2 atom stereocenters. The molecule has 0 amide bonds. The number of aromatic nitrogens is 1. The lowest BCUT2D eigenvalue weighted by atomic mass is 9.86. The van der Waals surface area contributed by atoms with Gasteiger partial charge in [-0.1, -0.05) is 30.3 Å². The number of hydrogen-bond donors (Lipinski definition) is 1. The Morgan fingerprint density at radius 3 is 2.55 bits per heavy atom. The minimum Gasteiger partial charge on any atom is -0.366 e. The number of allylic oxidation sites excluding steroid dienone is 1. The Kier molecular flexibility index (Phi) is 5.25. The molecule has 3 aromatic rings.